The van der Waals surface area contributed by atoms with Crippen molar-refractivity contribution in [1.82, 2.24) is 4.90 Å². The van der Waals surface area contributed by atoms with Crippen molar-refractivity contribution in [1.29, 1.82) is 0 Å². The van der Waals surface area contributed by atoms with Gasteiger partial charge >= 0.3 is 0 Å². The van der Waals surface area contributed by atoms with Crippen LogP contribution in [-0.4, -0.2) is 24.4 Å². The van der Waals surface area contributed by atoms with Crippen LogP contribution in [0.25, 0.3) is 0 Å². The number of hydrogen-bond donors (Lipinski definition) is 0. The van der Waals surface area contributed by atoms with Gasteiger partial charge in [-0.25, -0.2) is 0 Å². The number of terminal acetylenes is 1. The first-order chi connectivity index (χ1) is 9.94. The molecular weight excluding hydrogens is 170 g/mol. The second kappa shape index (κ2) is 5.47. The van der Waals surface area contributed by atoms with Crippen molar-refractivity contribution in [2.45, 2.75) is 19.3 Å². The molecular formula is C13H17N. The van der Waals surface area contributed by atoms with E-state index in [1.54, 1.807) is 24.6 Å². The van der Waals surface area contributed by atoms with E-state index in [-0.39, 0.29) is 5.56 Å². The van der Waals surface area contributed by atoms with E-state index in [4.69, 9.17) is 11.0 Å². The summed E-state index contributed by atoms with van der Waals surface area (Å²) in [6.45, 7) is -4.27. The third kappa shape index (κ3) is 3.24. The quantitative estimate of drug-likeness (QED) is 0.666. The zero-order valence-corrected chi connectivity index (χ0v) is 7.91. The predicted molar refractivity (Wildman–Crippen MR) is 61.1 cm³/mol. The van der Waals surface area contributed by atoms with Crippen LogP contribution >= 0.6 is 0 Å². The summed E-state index contributed by atoms with van der Waals surface area (Å²) in [5.41, 5.74) is 0.242. The van der Waals surface area contributed by atoms with Gasteiger partial charge in [0.05, 0.1) is 9.24 Å². The minimum Gasteiger partial charge on any atom is -0.292 e. The molecule has 0 aliphatic carbocycles. The summed E-state index contributed by atoms with van der Waals surface area (Å²) in [4.78, 5) is 0.397. The number of nitrogens with zero attached hydrogens (tertiary/aromatic N) is 1. The lowest BCUT2D eigenvalue weighted by Crippen LogP contribution is -2.31. The Balaban J connectivity index is 3.34. The first kappa shape index (κ1) is 4.08. The summed E-state index contributed by atoms with van der Waals surface area (Å²) in [6.07, 6.45) is -0.501. The number of likely N-dealkylation sites (N-methyl/N-ethyl adjacent to an activating group) is 1. The van der Waals surface area contributed by atoms with Crippen LogP contribution in [0.15, 0.2) is 30.3 Å². The van der Waals surface area contributed by atoms with Crippen molar-refractivity contribution in [3.05, 3.63) is 35.9 Å². The van der Waals surface area contributed by atoms with E-state index in [0.717, 1.165) is 0 Å². The van der Waals surface area contributed by atoms with Crippen molar-refractivity contribution in [2.75, 3.05) is 13.5 Å². The summed E-state index contributed by atoms with van der Waals surface area (Å²) >= 11 is 0. The maximum atomic E-state index is 8.21. The SMILES string of the molecule is [2H]C#CC([2H])([2H])N([C@H](C)C([2H])([2H])c1ccccc1)C([2H])([2H])[2H]. The minimum absolute atomic E-state index is 0.242. The minimum atomic E-state index is -2.91. The van der Waals surface area contributed by atoms with E-state index in [1.165, 1.54) is 19.1 Å². The zero-order valence-electron chi connectivity index (χ0n) is 15.9. The van der Waals surface area contributed by atoms with Gasteiger partial charge in [-0.05, 0) is 25.8 Å². The molecule has 74 valence electrons. The van der Waals surface area contributed by atoms with Gasteiger partial charge in [-0.2, -0.15) is 0 Å². The summed E-state index contributed by atoms with van der Waals surface area (Å²) < 4.78 is 61.4. The third-order valence-corrected chi connectivity index (χ3v) is 1.71. The molecule has 1 nitrogen and oxygen atoms in total. The summed E-state index contributed by atoms with van der Waals surface area (Å²) in [6, 6.07) is 6.64. The highest BCUT2D eigenvalue weighted by Gasteiger charge is 2.07. The molecule has 1 aromatic rings. The smallest absolute Gasteiger partial charge is 0.124 e. The molecule has 0 heterocycles. The van der Waals surface area contributed by atoms with Gasteiger partial charge in [-0.15, -0.1) is 6.40 Å². The maximum Gasteiger partial charge on any atom is 0.124 e. The Bertz CT molecular complexity index is 555. The highest BCUT2D eigenvalue weighted by Crippen LogP contribution is 2.06. The van der Waals surface area contributed by atoms with Crippen molar-refractivity contribution in [3.63, 3.8) is 0 Å². The predicted octanol–water partition coefficient (Wildman–Crippen LogP) is 2.18. The van der Waals surface area contributed by atoms with E-state index < -0.39 is 25.9 Å². The van der Waals surface area contributed by atoms with Crippen molar-refractivity contribution < 1.29 is 11.0 Å². The lowest BCUT2D eigenvalue weighted by atomic mass is 10.1. The second-order valence-electron chi connectivity index (χ2n) is 2.79. The molecule has 0 radical (unpaired) electrons. The standard InChI is InChI=1S/C13H17N/c1-4-10-14(3)12(2)11-13-8-6-5-7-9-13/h1,5-9,12H,10-11H2,2-3H3/t12-/m1/s1/i1D,3D3,10D2,11D2. The van der Waals surface area contributed by atoms with Crippen LogP contribution in [0.3, 0.4) is 0 Å². The Morgan fingerprint density at radius 3 is 3.07 bits per heavy atom. The molecule has 0 unspecified atom stereocenters. The summed E-state index contributed by atoms with van der Waals surface area (Å²) in [5, 5.41) is 0. The summed E-state index contributed by atoms with van der Waals surface area (Å²) in [5.74, 6) is 1.88. The summed E-state index contributed by atoms with van der Waals surface area (Å²) in [7, 11) is 0. The maximum absolute atomic E-state index is 8.21. The molecule has 0 aliphatic rings. The fraction of sp³-hybridized carbons (Fsp3) is 0.385. The molecule has 0 spiro atoms. The van der Waals surface area contributed by atoms with Crippen molar-refractivity contribution in [2.24, 2.45) is 0 Å². The Kier molecular flexibility index (Phi) is 1.59. The Morgan fingerprint density at radius 2 is 2.43 bits per heavy atom. The van der Waals surface area contributed by atoms with E-state index >= 15 is 0 Å². The molecule has 1 heteroatoms. The molecule has 1 atom stereocenters. The average molecular weight is 195 g/mol. The van der Waals surface area contributed by atoms with Crippen LogP contribution < -0.4 is 0 Å². The highest BCUT2D eigenvalue weighted by molar-refractivity contribution is 5.15. The zero-order chi connectivity index (χ0) is 17.2. The molecule has 0 amide bonds. The lowest BCUT2D eigenvalue weighted by molar-refractivity contribution is 0.287. The fourth-order valence-electron chi connectivity index (χ4n) is 0.997. The van der Waals surface area contributed by atoms with E-state index in [0.29, 0.717) is 4.90 Å². The number of rotatable bonds is 4. The van der Waals surface area contributed by atoms with Crippen molar-refractivity contribution >= 4 is 0 Å². The van der Waals surface area contributed by atoms with Crippen LogP contribution in [0, 0.1) is 12.3 Å². The monoisotopic (exact) mass is 195 g/mol. The molecule has 1 aromatic carbocycles. The molecule has 1 rings (SSSR count). The van der Waals surface area contributed by atoms with Gasteiger partial charge in [0.15, 0.2) is 0 Å². The fourth-order valence-corrected chi connectivity index (χ4v) is 0.997. The van der Waals surface area contributed by atoms with Gasteiger partial charge in [0.2, 0.25) is 0 Å². The topological polar surface area (TPSA) is 3.24 Å². The Labute approximate surface area is 98.0 Å². The van der Waals surface area contributed by atoms with Gasteiger partial charge < -0.3 is 0 Å². The van der Waals surface area contributed by atoms with E-state index in [2.05, 4.69) is 0 Å². The van der Waals surface area contributed by atoms with Gasteiger partial charge in [0.1, 0.15) is 1.37 Å². The van der Waals surface area contributed by atoms with Gasteiger partial charge in [-0.1, -0.05) is 36.3 Å². The van der Waals surface area contributed by atoms with Crippen LogP contribution in [0.4, 0.5) is 0 Å². The normalized spacial score (nSPS) is 23.3. The van der Waals surface area contributed by atoms with E-state index in [9.17, 15) is 0 Å². The molecule has 0 saturated carbocycles. The molecule has 14 heavy (non-hydrogen) atoms. The van der Waals surface area contributed by atoms with Crippen LogP contribution in [0.1, 0.15) is 23.5 Å². The van der Waals surface area contributed by atoms with Crippen LogP contribution in [0.2, 0.25) is 0 Å². The van der Waals surface area contributed by atoms with Gasteiger partial charge in [0.25, 0.3) is 0 Å². The molecule has 0 bridgehead atoms. The lowest BCUT2D eigenvalue weighted by Gasteiger charge is -2.22. The van der Waals surface area contributed by atoms with Gasteiger partial charge in [0, 0.05) is 12.9 Å². The average Bonchev–Trinajstić information content (AvgIpc) is 2.37. The van der Waals surface area contributed by atoms with Gasteiger partial charge in [-0.3, -0.25) is 4.90 Å². The van der Waals surface area contributed by atoms with E-state index in [1.807, 2.05) is 5.92 Å². The third-order valence-electron chi connectivity index (χ3n) is 1.71. The number of hydrogen-bond acceptors (Lipinski definition) is 1. The molecule has 0 aliphatic heterocycles. The molecule has 0 saturated heterocycles. The Hall–Kier alpha value is -1.26. The molecule has 0 N–H and O–H groups in total. The van der Waals surface area contributed by atoms with Crippen LogP contribution in [0.5, 0.6) is 0 Å². The first-order valence-corrected chi connectivity index (χ1v) is 4.23. The molecule has 0 fully saturated rings. The highest BCUT2D eigenvalue weighted by atomic mass is 15.1. The number of benzene rings is 1. The van der Waals surface area contributed by atoms with Crippen molar-refractivity contribution in [3.8, 4) is 12.3 Å². The largest absolute Gasteiger partial charge is 0.292 e. The molecule has 0 aromatic heterocycles. The Morgan fingerprint density at radius 1 is 1.64 bits per heavy atom. The second-order valence-corrected chi connectivity index (χ2v) is 2.79. The van der Waals surface area contributed by atoms with Crippen LogP contribution in [-0.2, 0) is 6.37 Å². The first-order valence-electron chi connectivity index (χ1n) is 8.23.